The number of esters is 1. The first kappa shape index (κ1) is 38.6. The van der Waals surface area contributed by atoms with Gasteiger partial charge in [-0.3, -0.25) is 4.98 Å². The second-order valence-corrected chi connectivity index (χ2v) is 15.0. The Balaban J connectivity index is 1.33. The van der Waals surface area contributed by atoms with Crippen LogP contribution in [0.1, 0.15) is 100 Å². The number of aliphatic hydroxyl groups excluding tert-OH is 1. The molecule has 11 nitrogen and oxygen atoms in total. The van der Waals surface area contributed by atoms with Gasteiger partial charge in [0, 0.05) is 24.5 Å². The number of benzene rings is 1. The van der Waals surface area contributed by atoms with Crippen molar-refractivity contribution in [2.45, 2.75) is 109 Å². The molecule has 1 aliphatic carbocycles. The van der Waals surface area contributed by atoms with Crippen molar-refractivity contribution in [3.8, 4) is 11.6 Å². The van der Waals surface area contributed by atoms with Gasteiger partial charge < -0.3 is 34.7 Å². The average Bonchev–Trinajstić information content (AvgIpc) is 3.84. The number of nitrogens with one attached hydrogen (secondary N) is 2. The van der Waals surface area contributed by atoms with Gasteiger partial charge in [-0.25, -0.2) is 14.6 Å². The minimum atomic E-state index is -0.901. The van der Waals surface area contributed by atoms with Crippen LogP contribution in [0.2, 0.25) is 0 Å². The lowest BCUT2D eigenvalue weighted by molar-refractivity contribution is 0.0418. The van der Waals surface area contributed by atoms with Crippen LogP contribution in [0, 0.1) is 6.92 Å². The van der Waals surface area contributed by atoms with Crippen molar-refractivity contribution in [1.29, 1.82) is 0 Å². The lowest BCUT2D eigenvalue weighted by Crippen LogP contribution is -2.51. The highest BCUT2D eigenvalue weighted by atomic mass is 16.6. The standard InChI is InChI=1S/C39H54N4O7/c1-26-20-28(35(45)47-8)23-34(42-26)49-19-10-9-18-48-30-13-11-12-27(21-30)22-31(43-36(46)50-38(5,6)7)32(44)25-41-39(15-16-39)33-24-29(14-17-40-33)37(2,3)4/h11-14,17,20-21,23-24,31-32,41,44H,9-10,15-16,18-19,22,25H2,1-8H3,(H,43,46)/t31-,32+/m0/s1. The van der Waals surface area contributed by atoms with Crippen LogP contribution >= 0.6 is 0 Å². The van der Waals surface area contributed by atoms with Crippen molar-refractivity contribution in [3.05, 3.63) is 82.8 Å². The fraction of sp³-hybridized carbons (Fsp3) is 0.538. The third-order valence-corrected chi connectivity index (χ3v) is 8.44. The predicted molar refractivity (Wildman–Crippen MR) is 192 cm³/mol. The third-order valence-electron chi connectivity index (χ3n) is 8.44. The number of nitrogens with zero attached hydrogens (tertiary/aromatic N) is 2. The largest absolute Gasteiger partial charge is 0.494 e. The summed E-state index contributed by atoms with van der Waals surface area (Å²) in [5, 5.41) is 17.9. The molecule has 0 spiro atoms. The first-order chi connectivity index (χ1) is 23.6. The summed E-state index contributed by atoms with van der Waals surface area (Å²) in [6.45, 7) is 14.9. The minimum absolute atomic E-state index is 0.000414. The maximum Gasteiger partial charge on any atom is 0.407 e. The van der Waals surface area contributed by atoms with Crippen molar-refractivity contribution >= 4 is 12.1 Å². The Bertz CT molecular complexity index is 1590. The van der Waals surface area contributed by atoms with Gasteiger partial charge >= 0.3 is 12.1 Å². The van der Waals surface area contributed by atoms with Crippen molar-refractivity contribution in [1.82, 2.24) is 20.6 Å². The van der Waals surface area contributed by atoms with E-state index >= 15 is 0 Å². The number of aromatic nitrogens is 2. The topological polar surface area (TPSA) is 141 Å². The second kappa shape index (κ2) is 16.7. The fourth-order valence-electron chi connectivity index (χ4n) is 5.53. The van der Waals surface area contributed by atoms with Gasteiger partial charge in [0.2, 0.25) is 5.88 Å². The highest BCUT2D eigenvalue weighted by Crippen LogP contribution is 2.45. The predicted octanol–water partition coefficient (Wildman–Crippen LogP) is 6.18. The van der Waals surface area contributed by atoms with E-state index < -0.39 is 29.8 Å². The first-order valence-electron chi connectivity index (χ1n) is 17.4. The van der Waals surface area contributed by atoms with Crippen LogP contribution in [-0.4, -0.2) is 71.8 Å². The Labute approximate surface area is 296 Å². The molecule has 1 aliphatic rings. The zero-order valence-corrected chi connectivity index (χ0v) is 30.8. The van der Waals surface area contributed by atoms with Gasteiger partial charge in [-0.15, -0.1) is 0 Å². The normalized spacial score (nSPS) is 15.1. The van der Waals surface area contributed by atoms with Gasteiger partial charge in [-0.1, -0.05) is 32.9 Å². The first-order valence-corrected chi connectivity index (χ1v) is 17.4. The molecule has 2 aromatic heterocycles. The van der Waals surface area contributed by atoms with Crippen molar-refractivity contribution in [3.63, 3.8) is 0 Å². The summed E-state index contributed by atoms with van der Waals surface area (Å²) in [5.74, 6) is 0.637. The lowest BCUT2D eigenvalue weighted by atomic mass is 9.86. The molecule has 50 heavy (non-hydrogen) atoms. The molecule has 0 radical (unpaired) electrons. The van der Waals surface area contributed by atoms with E-state index in [0.717, 1.165) is 36.9 Å². The molecular formula is C39H54N4O7. The molecule has 3 aromatic rings. The second-order valence-electron chi connectivity index (χ2n) is 15.0. The Kier molecular flexibility index (Phi) is 12.9. The fourth-order valence-corrected chi connectivity index (χ4v) is 5.53. The van der Waals surface area contributed by atoms with E-state index in [1.54, 1.807) is 19.1 Å². The molecule has 1 fully saturated rings. The number of aryl methyl sites for hydroxylation is 1. The Morgan fingerprint density at radius 2 is 1.70 bits per heavy atom. The summed E-state index contributed by atoms with van der Waals surface area (Å²) in [6, 6.07) is 14.5. The number of hydrogen-bond acceptors (Lipinski definition) is 10. The molecule has 1 amide bonds. The van der Waals surface area contributed by atoms with Crippen LogP contribution in [0.5, 0.6) is 11.6 Å². The van der Waals surface area contributed by atoms with Gasteiger partial charge in [0.05, 0.1) is 49.3 Å². The smallest absolute Gasteiger partial charge is 0.407 e. The number of aliphatic hydroxyl groups is 1. The van der Waals surface area contributed by atoms with Gasteiger partial charge in [-0.05, 0) is 107 Å². The highest BCUT2D eigenvalue weighted by Gasteiger charge is 2.46. The van der Waals surface area contributed by atoms with Crippen molar-refractivity contribution in [2.75, 3.05) is 26.9 Å². The van der Waals surface area contributed by atoms with Gasteiger partial charge in [0.1, 0.15) is 11.4 Å². The molecule has 2 atom stereocenters. The van der Waals surface area contributed by atoms with E-state index in [9.17, 15) is 14.7 Å². The Morgan fingerprint density at radius 3 is 2.36 bits per heavy atom. The van der Waals surface area contributed by atoms with Gasteiger partial charge in [0.25, 0.3) is 0 Å². The molecule has 11 heteroatoms. The van der Waals surface area contributed by atoms with Gasteiger partial charge in [0.15, 0.2) is 0 Å². The zero-order valence-electron chi connectivity index (χ0n) is 30.8. The number of carbonyl (C=O) groups excluding carboxylic acids is 2. The number of carbonyl (C=O) groups is 2. The van der Waals surface area contributed by atoms with Crippen molar-refractivity contribution < 1.29 is 33.6 Å². The molecule has 0 bridgehead atoms. The number of rotatable bonds is 16. The number of pyridine rings is 2. The quantitative estimate of drug-likeness (QED) is 0.118. The molecular weight excluding hydrogens is 636 g/mol. The number of hydrogen-bond donors (Lipinski definition) is 3. The Morgan fingerprint density at radius 1 is 0.980 bits per heavy atom. The molecule has 272 valence electrons. The number of alkyl carbamates (subject to hydrolysis) is 1. The van der Waals surface area contributed by atoms with E-state index in [0.29, 0.717) is 42.5 Å². The third kappa shape index (κ3) is 11.7. The van der Waals surface area contributed by atoms with E-state index in [-0.39, 0.29) is 17.5 Å². The Hall–Kier alpha value is -4.22. The summed E-state index contributed by atoms with van der Waals surface area (Å²) in [7, 11) is 1.34. The zero-order chi connectivity index (χ0) is 36.5. The van der Waals surface area contributed by atoms with Crippen molar-refractivity contribution in [2.24, 2.45) is 0 Å². The van der Waals surface area contributed by atoms with Crippen LogP contribution in [0.4, 0.5) is 4.79 Å². The molecule has 0 aliphatic heterocycles. The van der Waals surface area contributed by atoms with E-state index in [1.165, 1.54) is 12.7 Å². The SMILES string of the molecule is COC(=O)c1cc(C)nc(OCCCCOc2cccc(C[C@H](NC(=O)OC(C)(C)C)[C@H](O)CNC3(c4cc(C(C)(C)C)ccn4)CC3)c2)c1. The van der Waals surface area contributed by atoms with Crippen LogP contribution < -0.4 is 20.1 Å². The summed E-state index contributed by atoms with van der Waals surface area (Å²) < 4.78 is 22.1. The summed E-state index contributed by atoms with van der Waals surface area (Å²) in [6.07, 6.45) is 4.06. The number of unbranched alkanes of at least 4 members (excludes halogenated alkanes) is 1. The maximum atomic E-state index is 12.9. The highest BCUT2D eigenvalue weighted by molar-refractivity contribution is 5.89. The molecule has 1 saturated carbocycles. The summed E-state index contributed by atoms with van der Waals surface area (Å²) in [5.41, 5.74) is 3.19. The molecule has 4 rings (SSSR count). The maximum absolute atomic E-state index is 12.9. The molecule has 1 aromatic carbocycles. The van der Waals surface area contributed by atoms with Crippen LogP contribution in [-0.2, 0) is 26.8 Å². The number of methoxy groups -OCH3 is 1. The van der Waals surface area contributed by atoms with Gasteiger partial charge in [-0.2, -0.15) is 0 Å². The average molecular weight is 691 g/mol. The van der Waals surface area contributed by atoms with E-state index in [4.69, 9.17) is 18.9 Å². The van der Waals surface area contributed by atoms with Crippen LogP contribution in [0.3, 0.4) is 0 Å². The molecule has 2 heterocycles. The van der Waals surface area contributed by atoms with Crippen LogP contribution in [0.15, 0.2) is 54.7 Å². The minimum Gasteiger partial charge on any atom is -0.494 e. The number of amides is 1. The number of ether oxygens (including phenoxy) is 4. The van der Waals surface area contributed by atoms with Crippen LogP contribution in [0.25, 0.3) is 0 Å². The van der Waals surface area contributed by atoms with E-state index in [2.05, 4.69) is 53.5 Å². The lowest BCUT2D eigenvalue weighted by Gasteiger charge is -2.29. The monoisotopic (exact) mass is 690 g/mol. The summed E-state index contributed by atoms with van der Waals surface area (Å²) in [4.78, 5) is 33.7. The molecule has 3 N–H and O–H groups in total. The molecule has 0 saturated heterocycles. The van der Waals surface area contributed by atoms with E-state index in [1.807, 2.05) is 51.2 Å². The molecule has 0 unspecified atom stereocenters. The summed E-state index contributed by atoms with van der Waals surface area (Å²) >= 11 is 0.